The molecule has 7 nitrogen and oxygen atoms in total. The molecule has 26 heavy (non-hydrogen) atoms. The Hall–Kier alpha value is -1.89. The standard InChI is InChI=1S/C17H18N2O5S2/c1-17(9-25-10-18)15(19-13(20)7-14(19)26(17)22)16(21)24-8-11-3-5-12(23-2)6-4-11/h3-6,14-15H,7-9H2,1-2H3/t14-,15-,17-,26?/m0/s1. The van der Waals surface area contributed by atoms with Crippen LogP contribution in [0, 0.1) is 10.7 Å². The molecule has 2 saturated heterocycles. The van der Waals surface area contributed by atoms with Crippen LogP contribution in [-0.4, -0.2) is 50.4 Å². The number of methoxy groups -OCH3 is 1. The van der Waals surface area contributed by atoms with Gasteiger partial charge in [-0.2, -0.15) is 5.26 Å². The fraction of sp³-hybridized carbons (Fsp3) is 0.471. The summed E-state index contributed by atoms with van der Waals surface area (Å²) in [5, 5.41) is 10.3. The van der Waals surface area contributed by atoms with E-state index in [-0.39, 0.29) is 24.7 Å². The number of amides is 1. The number of β-lactam (4-membered cyclic amide) rings is 1. The van der Waals surface area contributed by atoms with Crippen molar-refractivity contribution in [3.63, 3.8) is 0 Å². The molecule has 1 amide bonds. The number of thioether (sulfide) groups is 1. The Balaban J connectivity index is 1.74. The number of esters is 1. The van der Waals surface area contributed by atoms with Crippen molar-refractivity contribution in [1.29, 1.82) is 5.26 Å². The molecular formula is C17H18N2O5S2. The zero-order valence-electron chi connectivity index (χ0n) is 14.3. The third kappa shape index (κ3) is 3.13. The first-order valence-electron chi connectivity index (χ1n) is 7.94. The molecule has 1 unspecified atom stereocenters. The lowest BCUT2D eigenvalue weighted by molar-refractivity contribution is -0.162. The maximum atomic E-state index is 12.8. The summed E-state index contributed by atoms with van der Waals surface area (Å²) in [4.78, 5) is 26.1. The number of hydrogen-bond donors (Lipinski definition) is 0. The van der Waals surface area contributed by atoms with E-state index < -0.39 is 33.3 Å². The summed E-state index contributed by atoms with van der Waals surface area (Å²) in [6.07, 6.45) is 0.168. The number of carbonyl (C=O) groups excluding carboxylic acids is 2. The maximum absolute atomic E-state index is 12.8. The van der Waals surface area contributed by atoms with Crippen molar-refractivity contribution in [2.24, 2.45) is 0 Å². The Morgan fingerprint density at radius 2 is 2.19 bits per heavy atom. The third-order valence-corrected chi connectivity index (χ3v) is 7.93. The summed E-state index contributed by atoms with van der Waals surface area (Å²) < 4.78 is 22.3. The van der Waals surface area contributed by atoms with Crippen molar-refractivity contribution in [2.45, 2.75) is 36.1 Å². The average molecular weight is 394 g/mol. The second kappa shape index (κ2) is 7.39. The summed E-state index contributed by atoms with van der Waals surface area (Å²) in [5.41, 5.74) is 0.776. The predicted octanol–water partition coefficient (Wildman–Crippen LogP) is 1.40. The maximum Gasteiger partial charge on any atom is 0.334 e. The monoisotopic (exact) mass is 394 g/mol. The SMILES string of the molecule is COc1ccc(COC(=O)[C@@H]2N3C(=O)C[C@@H]3[S+]([O-])[C@@]2(C)CSC#N)cc1. The molecule has 0 radical (unpaired) electrons. The van der Waals surface area contributed by atoms with E-state index in [0.29, 0.717) is 5.75 Å². The van der Waals surface area contributed by atoms with E-state index in [9.17, 15) is 14.1 Å². The van der Waals surface area contributed by atoms with Crippen LogP contribution in [0.15, 0.2) is 24.3 Å². The molecule has 3 rings (SSSR count). The predicted molar refractivity (Wildman–Crippen MR) is 96.4 cm³/mol. The average Bonchev–Trinajstić information content (AvgIpc) is 2.83. The first-order valence-corrected chi connectivity index (χ1v) is 10.1. The van der Waals surface area contributed by atoms with Gasteiger partial charge >= 0.3 is 5.97 Å². The number of fused-ring (bicyclic) bond motifs is 1. The Labute approximate surface area is 158 Å². The molecule has 0 N–H and O–H groups in total. The van der Waals surface area contributed by atoms with Gasteiger partial charge in [0.15, 0.2) is 10.8 Å². The van der Waals surface area contributed by atoms with Crippen LogP contribution in [0.25, 0.3) is 0 Å². The van der Waals surface area contributed by atoms with Crippen molar-refractivity contribution < 1.29 is 23.6 Å². The number of benzene rings is 1. The topological polar surface area (TPSA) is 103 Å². The molecule has 0 spiro atoms. The first kappa shape index (κ1) is 18.9. The second-order valence-corrected chi connectivity index (χ2v) is 9.14. The van der Waals surface area contributed by atoms with Gasteiger partial charge in [0, 0.05) is 0 Å². The van der Waals surface area contributed by atoms with Crippen molar-refractivity contribution in [3.05, 3.63) is 29.8 Å². The minimum Gasteiger partial charge on any atom is -0.614 e. The van der Waals surface area contributed by atoms with Crippen LogP contribution in [0.3, 0.4) is 0 Å². The minimum absolute atomic E-state index is 0.0418. The van der Waals surface area contributed by atoms with Crippen LogP contribution >= 0.6 is 11.8 Å². The van der Waals surface area contributed by atoms with Crippen LogP contribution in [0.5, 0.6) is 5.75 Å². The molecule has 2 aliphatic rings. The number of hydrogen-bond acceptors (Lipinski definition) is 7. The number of rotatable bonds is 6. The van der Waals surface area contributed by atoms with Gasteiger partial charge < -0.3 is 14.0 Å². The second-order valence-electron chi connectivity index (χ2n) is 6.31. The summed E-state index contributed by atoms with van der Waals surface area (Å²) in [7, 11) is 1.57. The van der Waals surface area contributed by atoms with Gasteiger partial charge in [-0.25, -0.2) is 4.79 Å². The van der Waals surface area contributed by atoms with Crippen LogP contribution in [0.1, 0.15) is 18.9 Å². The van der Waals surface area contributed by atoms with Crippen molar-refractivity contribution >= 4 is 34.8 Å². The van der Waals surface area contributed by atoms with Crippen molar-refractivity contribution in [3.8, 4) is 11.2 Å². The number of ether oxygens (including phenoxy) is 2. The number of nitriles is 1. The first-order chi connectivity index (χ1) is 12.4. The van der Waals surface area contributed by atoms with Gasteiger partial charge in [0.1, 0.15) is 17.8 Å². The molecular weight excluding hydrogens is 376 g/mol. The van der Waals surface area contributed by atoms with Crippen molar-refractivity contribution in [2.75, 3.05) is 12.9 Å². The lowest BCUT2D eigenvalue weighted by Crippen LogP contribution is -2.58. The smallest absolute Gasteiger partial charge is 0.334 e. The molecule has 0 bridgehead atoms. The third-order valence-electron chi connectivity index (χ3n) is 4.70. The van der Waals surface area contributed by atoms with E-state index in [4.69, 9.17) is 14.7 Å². The van der Waals surface area contributed by atoms with Gasteiger partial charge in [-0.15, -0.1) is 0 Å². The van der Waals surface area contributed by atoms with Gasteiger partial charge in [0.25, 0.3) is 0 Å². The number of carbonyl (C=O) groups is 2. The number of nitrogens with zero attached hydrogens (tertiary/aromatic N) is 2. The lowest BCUT2D eigenvalue weighted by atomic mass is 9.98. The fourth-order valence-electron chi connectivity index (χ4n) is 3.24. The van der Waals surface area contributed by atoms with Gasteiger partial charge in [-0.1, -0.05) is 12.1 Å². The van der Waals surface area contributed by atoms with E-state index in [0.717, 1.165) is 17.3 Å². The Morgan fingerprint density at radius 1 is 1.50 bits per heavy atom. The van der Waals surface area contributed by atoms with Crippen LogP contribution in [0.2, 0.25) is 0 Å². The van der Waals surface area contributed by atoms with E-state index in [1.807, 2.05) is 5.40 Å². The molecule has 1 aromatic carbocycles. The molecule has 2 aliphatic heterocycles. The highest BCUT2D eigenvalue weighted by atomic mass is 32.2. The highest BCUT2D eigenvalue weighted by Crippen LogP contribution is 2.47. The normalized spacial score (nSPS) is 29.5. The molecule has 138 valence electrons. The van der Waals surface area contributed by atoms with Crippen LogP contribution in [-0.2, 0) is 32.1 Å². The Bertz CT molecular complexity index is 751. The summed E-state index contributed by atoms with van der Waals surface area (Å²) >= 11 is -0.490. The van der Waals surface area contributed by atoms with Crippen molar-refractivity contribution in [1.82, 2.24) is 4.90 Å². The Morgan fingerprint density at radius 3 is 2.77 bits per heavy atom. The molecule has 2 heterocycles. The summed E-state index contributed by atoms with van der Waals surface area (Å²) in [5.74, 6) is 0.0891. The summed E-state index contributed by atoms with van der Waals surface area (Å²) in [6.45, 7) is 1.72. The molecule has 9 heteroatoms. The quantitative estimate of drug-likeness (QED) is 0.311. The van der Waals surface area contributed by atoms with Crippen LogP contribution in [0.4, 0.5) is 0 Å². The highest BCUT2D eigenvalue weighted by molar-refractivity contribution is 8.05. The van der Waals surface area contributed by atoms with Gasteiger partial charge in [-0.3, -0.25) is 9.69 Å². The number of thiocyanates is 1. The largest absolute Gasteiger partial charge is 0.614 e. The van der Waals surface area contributed by atoms with E-state index >= 15 is 0 Å². The zero-order chi connectivity index (χ0) is 18.9. The molecule has 2 fully saturated rings. The zero-order valence-corrected chi connectivity index (χ0v) is 16.0. The van der Waals surface area contributed by atoms with E-state index in [1.54, 1.807) is 38.3 Å². The summed E-state index contributed by atoms with van der Waals surface area (Å²) in [6, 6.07) is 6.14. The fourth-order valence-corrected chi connectivity index (χ4v) is 6.18. The molecule has 0 saturated carbocycles. The van der Waals surface area contributed by atoms with Crippen LogP contribution < -0.4 is 4.74 Å². The van der Waals surface area contributed by atoms with Gasteiger partial charge in [0.2, 0.25) is 11.3 Å². The Kier molecular flexibility index (Phi) is 5.37. The highest BCUT2D eigenvalue weighted by Gasteiger charge is 2.70. The van der Waals surface area contributed by atoms with E-state index in [2.05, 4.69) is 0 Å². The molecule has 0 aromatic heterocycles. The van der Waals surface area contributed by atoms with Gasteiger partial charge in [-0.05, 0) is 47.6 Å². The van der Waals surface area contributed by atoms with Gasteiger partial charge in [0.05, 0.1) is 19.3 Å². The van der Waals surface area contributed by atoms with E-state index in [1.165, 1.54) is 4.90 Å². The molecule has 0 aliphatic carbocycles. The lowest BCUT2D eigenvalue weighted by Gasteiger charge is -2.33. The molecule has 1 aromatic rings. The molecule has 4 atom stereocenters. The minimum atomic E-state index is -1.42.